The molecule has 2 aromatic rings. The first-order valence-corrected chi connectivity index (χ1v) is 6.89. The van der Waals surface area contributed by atoms with E-state index in [1.807, 2.05) is 0 Å². The van der Waals surface area contributed by atoms with E-state index in [1.54, 1.807) is 0 Å². The molecule has 0 N–H and O–H groups in total. The van der Waals surface area contributed by atoms with Crippen LogP contribution >= 0.6 is 15.9 Å². The molecule has 0 amide bonds. The highest BCUT2D eigenvalue weighted by Crippen LogP contribution is 2.25. The Morgan fingerprint density at radius 3 is 2.89 bits per heavy atom. The largest absolute Gasteiger partial charge is 0.313 e. The fraction of sp³-hybridized carbons (Fsp3) is 0.125. The van der Waals surface area contributed by atoms with E-state index < -0.39 is 15.7 Å². The average molecular weight is 332 g/mol. The molecule has 8 nitrogen and oxygen atoms in total. The van der Waals surface area contributed by atoms with Gasteiger partial charge in [-0.25, -0.2) is 4.98 Å². The van der Waals surface area contributed by atoms with Gasteiger partial charge >= 0.3 is 5.69 Å². The van der Waals surface area contributed by atoms with Gasteiger partial charge in [-0.3, -0.25) is 18.9 Å². The van der Waals surface area contributed by atoms with E-state index in [4.69, 9.17) is 0 Å². The van der Waals surface area contributed by atoms with Gasteiger partial charge in [-0.15, -0.1) is 10.2 Å². The number of hydrogen-bond donors (Lipinski definition) is 0. The lowest BCUT2D eigenvalue weighted by Crippen LogP contribution is -2.06. The number of nitrogens with zero attached hydrogens (tertiary/aromatic N) is 5. The molecule has 0 radical (unpaired) electrons. The van der Waals surface area contributed by atoms with Crippen molar-refractivity contribution in [2.75, 3.05) is 6.26 Å². The first kappa shape index (κ1) is 12.8. The second-order valence-corrected chi connectivity index (χ2v) is 5.38. The number of pyridine rings is 1. The van der Waals surface area contributed by atoms with Crippen LogP contribution in [-0.4, -0.2) is 35.1 Å². The van der Waals surface area contributed by atoms with Gasteiger partial charge in [0.05, 0.1) is 15.7 Å². The summed E-state index contributed by atoms with van der Waals surface area (Å²) in [5.41, 5.74) is -0.226. The summed E-state index contributed by atoms with van der Waals surface area (Å²) < 4.78 is 13.1. The van der Waals surface area contributed by atoms with Crippen molar-refractivity contribution >= 4 is 32.4 Å². The minimum absolute atomic E-state index is 0.0263. The number of hydrogen-bond acceptors (Lipinski definition) is 6. The summed E-state index contributed by atoms with van der Waals surface area (Å²) in [5, 5.41) is 18.3. The highest BCUT2D eigenvalue weighted by molar-refractivity contribution is 9.10. The topological polar surface area (TPSA) is 104 Å². The van der Waals surface area contributed by atoms with Crippen LogP contribution in [0.4, 0.5) is 5.69 Å². The molecular formula is C8H6BrN5O3S. The minimum Gasteiger partial charge on any atom is -0.258 e. The molecule has 0 aromatic carbocycles. The molecule has 2 aromatic heterocycles. The van der Waals surface area contributed by atoms with Gasteiger partial charge in [-0.1, -0.05) is 0 Å². The van der Waals surface area contributed by atoms with Crippen molar-refractivity contribution in [3.8, 4) is 5.82 Å². The Morgan fingerprint density at radius 2 is 2.28 bits per heavy atom. The monoisotopic (exact) mass is 331 g/mol. The molecule has 0 spiro atoms. The third-order valence-electron chi connectivity index (χ3n) is 2.01. The van der Waals surface area contributed by atoms with Gasteiger partial charge in [0.1, 0.15) is 6.33 Å². The molecule has 2 rings (SSSR count). The molecule has 0 unspecified atom stereocenters. The lowest BCUT2D eigenvalue weighted by atomic mass is 10.4. The molecular weight excluding hydrogens is 326 g/mol. The van der Waals surface area contributed by atoms with Crippen LogP contribution in [0.2, 0.25) is 0 Å². The summed E-state index contributed by atoms with van der Waals surface area (Å²) in [6.07, 6.45) is 4.05. The van der Waals surface area contributed by atoms with Crippen molar-refractivity contribution in [1.82, 2.24) is 19.7 Å². The van der Waals surface area contributed by atoms with E-state index in [1.165, 1.54) is 29.4 Å². The van der Waals surface area contributed by atoms with Gasteiger partial charge in [0.15, 0.2) is 0 Å². The normalized spacial score (nSPS) is 12.3. The minimum atomic E-state index is -1.42. The molecule has 18 heavy (non-hydrogen) atoms. The summed E-state index contributed by atoms with van der Waals surface area (Å²) >= 11 is 3.11. The van der Waals surface area contributed by atoms with Gasteiger partial charge in [0, 0.05) is 23.0 Å². The molecule has 0 fully saturated rings. The SMILES string of the molecule is C[S@@](=O)c1nncn1-c1ncc(Br)cc1[N+](=O)[O-]. The van der Waals surface area contributed by atoms with E-state index in [2.05, 4.69) is 31.1 Å². The molecule has 2 heterocycles. The van der Waals surface area contributed by atoms with Gasteiger partial charge in [-0.2, -0.15) is 0 Å². The lowest BCUT2D eigenvalue weighted by Gasteiger charge is -2.04. The molecule has 0 saturated heterocycles. The first-order chi connectivity index (χ1) is 8.50. The van der Waals surface area contributed by atoms with Crippen LogP contribution in [0, 0.1) is 10.1 Å². The van der Waals surface area contributed by atoms with E-state index in [9.17, 15) is 14.3 Å². The van der Waals surface area contributed by atoms with Crippen LogP contribution in [-0.2, 0) is 10.8 Å². The second-order valence-electron chi connectivity index (χ2n) is 3.19. The number of rotatable bonds is 3. The zero-order valence-electron chi connectivity index (χ0n) is 8.98. The molecule has 0 bridgehead atoms. The molecule has 1 atom stereocenters. The maximum atomic E-state index is 11.4. The number of halogens is 1. The Kier molecular flexibility index (Phi) is 3.48. The van der Waals surface area contributed by atoms with Crippen LogP contribution in [0.15, 0.2) is 28.2 Å². The van der Waals surface area contributed by atoms with E-state index in [-0.39, 0.29) is 16.7 Å². The predicted octanol–water partition coefficient (Wildman–Crippen LogP) is 1.07. The van der Waals surface area contributed by atoms with E-state index >= 15 is 0 Å². The van der Waals surface area contributed by atoms with Gasteiger partial charge in [-0.05, 0) is 15.9 Å². The predicted molar refractivity (Wildman–Crippen MR) is 65.8 cm³/mol. The number of aromatic nitrogens is 4. The van der Waals surface area contributed by atoms with Crippen molar-refractivity contribution in [2.45, 2.75) is 5.16 Å². The van der Waals surface area contributed by atoms with E-state index in [0.29, 0.717) is 4.47 Å². The maximum Gasteiger partial charge on any atom is 0.313 e. The molecule has 0 saturated carbocycles. The fourth-order valence-electron chi connectivity index (χ4n) is 1.31. The maximum absolute atomic E-state index is 11.4. The van der Waals surface area contributed by atoms with Crippen molar-refractivity contribution in [2.24, 2.45) is 0 Å². The molecule has 0 aliphatic heterocycles. The van der Waals surface area contributed by atoms with Crippen LogP contribution in [0.1, 0.15) is 0 Å². The van der Waals surface area contributed by atoms with Crippen LogP contribution in [0.25, 0.3) is 5.82 Å². The van der Waals surface area contributed by atoms with Crippen LogP contribution in [0.3, 0.4) is 0 Å². The highest BCUT2D eigenvalue weighted by atomic mass is 79.9. The van der Waals surface area contributed by atoms with Crippen molar-refractivity contribution in [3.05, 3.63) is 33.2 Å². The fourth-order valence-corrected chi connectivity index (χ4v) is 2.20. The van der Waals surface area contributed by atoms with Crippen molar-refractivity contribution in [1.29, 1.82) is 0 Å². The third kappa shape index (κ3) is 2.29. The van der Waals surface area contributed by atoms with Crippen molar-refractivity contribution < 1.29 is 9.13 Å². The smallest absolute Gasteiger partial charge is 0.258 e. The summed E-state index contributed by atoms with van der Waals surface area (Å²) in [7, 11) is -1.42. The Bertz CT molecular complexity index is 643. The summed E-state index contributed by atoms with van der Waals surface area (Å²) in [4.78, 5) is 14.3. The van der Waals surface area contributed by atoms with Crippen LogP contribution in [0.5, 0.6) is 0 Å². The van der Waals surface area contributed by atoms with Gasteiger partial charge in [0.2, 0.25) is 11.0 Å². The molecule has 0 aliphatic rings. The molecule has 10 heteroatoms. The third-order valence-corrected chi connectivity index (χ3v) is 3.24. The second kappa shape index (κ2) is 4.90. The Balaban J connectivity index is 2.67. The summed E-state index contributed by atoms with van der Waals surface area (Å²) in [6, 6.07) is 1.31. The van der Waals surface area contributed by atoms with E-state index in [0.717, 1.165) is 0 Å². The van der Waals surface area contributed by atoms with Gasteiger partial charge in [0.25, 0.3) is 0 Å². The summed E-state index contributed by atoms with van der Waals surface area (Å²) in [6.45, 7) is 0. The summed E-state index contributed by atoms with van der Waals surface area (Å²) in [5.74, 6) is 0.0263. The zero-order valence-corrected chi connectivity index (χ0v) is 11.4. The van der Waals surface area contributed by atoms with Gasteiger partial charge < -0.3 is 0 Å². The average Bonchev–Trinajstić information content (AvgIpc) is 2.77. The Hall–Kier alpha value is -1.68. The highest BCUT2D eigenvalue weighted by Gasteiger charge is 2.21. The number of nitro groups is 1. The molecule has 0 aliphatic carbocycles. The standard InChI is InChI=1S/C8H6BrN5O3S/c1-18(17)8-12-11-4-13(8)7-6(14(15)16)2-5(9)3-10-7/h2-4H,1H3/t18-/m1/s1. The quantitative estimate of drug-likeness (QED) is 0.615. The first-order valence-electron chi connectivity index (χ1n) is 4.54. The Morgan fingerprint density at radius 1 is 1.56 bits per heavy atom. The van der Waals surface area contributed by atoms with Crippen molar-refractivity contribution in [3.63, 3.8) is 0 Å². The molecule has 94 valence electrons. The lowest BCUT2D eigenvalue weighted by molar-refractivity contribution is -0.385. The van der Waals surface area contributed by atoms with Crippen LogP contribution < -0.4 is 0 Å². The Labute approximate surface area is 112 Å². The zero-order chi connectivity index (χ0) is 13.3.